The standard InChI is InChI=1S/C21H37N2O2.BF4/c1-4-5-6-7-8-11-14-22-16-17-23(19-22)15-12-9-10-13-18-25-21(24)20(2)3;2-1(3,4)5/h16-17,19H,2,4-15,18H2,1,3H3;/q+1;-1. The van der Waals surface area contributed by atoms with E-state index < -0.39 is 7.25 Å². The summed E-state index contributed by atoms with van der Waals surface area (Å²) in [5.41, 5.74) is 0.474. The van der Waals surface area contributed by atoms with Gasteiger partial charge in [0, 0.05) is 5.57 Å². The van der Waals surface area contributed by atoms with Crippen molar-refractivity contribution in [2.24, 2.45) is 0 Å². The second-order valence-corrected chi connectivity index (χ2v) is 7.48. The van der Waals surface area contributed by atoms with Crippen molar-refractivity contribution in [2.75, 3.05) is 6.61 Å². The Bertz CT molecular complexity index is 586. The maximum absolute atomic E-state index is 11.2. The molecule has 1 aromatic rings. The first-order chi connectivity index (χ1) is 14.1. The van der Waals surface area contributed by atoms with Crippen LogP contribution in [0.4, 0.5) is 17.3 Å². The van der Waals surface area contributed by atoms with Gasteiger partial charge in [0.2, 0.25) is 6.33 Å². The summed E-state index contributed by atoms with van der Waals surface area (Å²) < 4.78 is 48.7. The zero-order chi connectivity index (χ0) is 22.8. The third kappa shape index (κ3) is 19.5. The van der Waals surface area contributed by atoms with Gasteiger partial charge < -0.3 is 22.0 Å². The van der Waals surface area contributed by atoms with Gasteiger partial charge in [-0.1, -0.05) is 39.2 Å². The fourth-order valence-electron chi connectivity index (χ4n) is 2.82. The zero-order valence-electron chi connectivity index (χ0n) is 18.4. The van der Waals surface area contributed by atoms with Gasteiger partial charge >= 0.3 is 13.2 Å². The van der Waals surface area contributed by atoms with E-state index in [-0.39, 0.29) is 5.97 Å². The molecular formula is C21H37BF4N2O2. The summed E-state index contributed by atoms with van der Waals surface area (Å²) in [6.07, 6.45) is 19.0. The van der Waals surface area contributed by atoms with Gasteiger partial charge in [-0.3, -0.25) is 0 Å². The smallest absolute Gasteiger partial charge is 0.462 e. The Morgan fingerprint density at radius 2 is 1.57 bits per heavy atom. The monoisotopic (exact) mass is 436 g/mol. The van der Waals surface area contributed by atoms with Gasteiger partial charge in [-0.25, -0.2) is 13.9 Å². The number of esters is 1. The Morgan fingerprint density at radius 1 is 1.00 bits per heavy atom. The molecule has 4 nitrogen and oxygen atoms in total. The number of carbonyl (C=O) groups excluding carboxylic acids is 1. The highest BCUT2D eigenvalue weighted by Crippen LogP contribution is 2.07. The molecule has 0 saturated heterocycles. The minimum absolute atomic E-state index is 0.276. The van der Waals surface area contributed by atoms with E-state index in [2.05, 4.69) is 41.4 Å². The summed E-state index contributed by atoms with van der Waals surface area (Å²) in [6, 6.07) is 0. The summed E-state index contributed by atoms with van der Waals surface area (Å²) >= 11 is 0. The molecule has 1 heterocycles. The molecule has 30 heavy (non-hydrogen) atoms. The van der Waals surface area contributed by atoms with Crippen LogP contribution in [0.1, 0.15) is 78.1 Å². The largest absolute Gasteiger partial charge is 0.673 e. The van der Waals surface area contributed by atoms with Crippen LogP contribution >= 0.6 is 0 Å². The van der Waals surface area contributed by atoms with E-state index in [4.69, 9.17) is 4.74 Å². The lowest BCUT2D eigenvalue weighted by molar-refractivity contribution is -0.696. The predicted octanol–water partition coefficient (Wildman–Crippen LogP) is 6.12. The normalized spacial score (nSPS) is 11.0. The quantitative estimate of drug-likeness (QED) is 0.0830. The van der Waals surface area contributed by atoms with Crippen LogP contribution in [0, 0.1) is 0 Å². The first-order valence-corrected chi connectivity index (χ1v) is 10.9. The van der Waals surface area contributed by atoms with E-state index in [9.17, 15) is 22.1 Å². The number of imidazole rings is 1. The maximum atomic E-state index is 11.2. The lowest BCUT2D eigenvalue weighted by Crippen LogP contribution is -2.30. The Balaban J connectivity index is 0.00000150. The van der Waals surface area contributed by atoms with Crippen LogP contribution in [0.25, 0.3) is 0 Å². The molecule has 0 aliphatic carbocycles. The molecule has 0 N–H and O–H groups in total. The molecule has 0 radical (unpaired) electrons. The number of ether oxygens (including phenoxy) is 1. The number of aryl methyl sites for hydroxylation is 2. The average molecular weight is 436 g/mol. The molecular weight excluding hydrogens is 399 g/mol. The minimum Gasteiger partial charge on any atom is -0.462 e. The molecule has 0 saturated carbocycles. The highest BCUT2D eigenvalue weighted by Gasteiger charge is 2.20. The third-order valence-corrected chi connectivity index (χ3v) is 4.41. The molecule has 0 spiro atoms. The Labute approximate surface area is 178 Å². The number of nitrogens with zero attached hydrogens (tertiary/aromatic N) is 2. The Kier molecular flexibility index (Phi) is 15.9. The van der Waals surface area contributed by atoms with Crippen molar-refractivity contribution in [1.29, 1.82) is 0 Å². The predicted molar refractivity (Wildman–Crippen MR) is 112 cm³/mol. The summed E-state index contributed by atoms with van der Waals surface area (Å²) in [5.74, 6) is -0.276. The lowest BCUT2D eigenvalue weighted by atomic mass is 10.1. The molecule has 0 aromatic carbocycles. The van der Waals surface area contributed by atoms with E-state index in [0.717, 1.165) is 25.9 Å². The second-order valence-electron chi connectivity index (χ2n) is 7.48. The number of hydrogen-bond acceptors (Lipinski definition) is 2. The molecule has 1 aromatic heterocycles. The molecule has 0 unspecified atom stereocenters. The van der Waals surface area contributed by atoms with Crippen LogP contribution in [-0.4, -0.2) is 24.4 Å². The van der Waals surface area contributed by atoms with E-state index >= 15 is 0 Å². The van der Waals surface area contributed by atoms with Crippen molar-refractivity contribution in [3.63, 3.8) is 0 Å². The molecule has 9 heteroatoms. The SMILES string of the molecule is C=C(C)C(=O)OCCCCCCn1cc[n+](CCCCCCCC)c1.F[B-](F)(F)F. The van der Waals surface area contributed by atoms with Crippen LogP contribution in [0.3, 0.4) is 0 Å². The molecule has 0 amide bonds. The average Bonchev–Trinajstić information content (AvgIpc) is 3.10. The number of unbranched alkanes of at least 4 members (excludes halogenated alkanes) is 8. The number of hydrogen-bond donors (Lipinski definition) is 0. The fourth-order valence-corrected chi connectivity index (χ4v) is 2.82. The first-order valence-electron chi connectivity index (χ1n) is 10.9. The van der Waals surface area contributed by atoms with Crippen LogP contribution in [0.2, 0.25) is 0 Å². The van der Waals surface area contributed by atoms with Crippen molar-refractivity contribution in [3.8, 4) is 0 Å². The third-order valence-electron chi connectivity index (χ3n) is 4.41. The van der Waals surface area contributed by atoms with Crippen LogP contribution < -0.4 is 4.57 Å². The molecule has 0 aliphatic rings. The lowest BCUT2D eigenvalue weighted by Gasteiger charge is -2.03. The summed E-state index contributed by atoms with van der Waals surface area (Å²) in [4.78, 5) is 11.2. The summed E-state index contributed by atoms with van der Waals surface area (Å²) in [6.45, 7) is 10.2. The van der Waals surface area contributed by atoms with E-state index in [0.29, 0.717) is 12.2 Å². The van der Waals surface area contributed by atoms with Gasteiger partial charge in [0.1, 0.15) is 12.4 Å². The second kappa shape index (κ2) is 16.9. The van der Waals surface area contributed by atoms with Gasteiger partial charge in [-0.05, 0) is 45.4 Å². The fraction of sp³-hybridized carbons (Fsp3) is 0.714. The van der Waals surface area contributed by atoms with Gasteiger partial charge in [-0.2, -0.15) is 0 Å². The van der Waals surface area contributed by atoms with Gasteiger partial charge in [0.25, 0.3) is 0 Å². The minimum atomic E-state index is -6.00. The Morgan fingerprint density at radius 3 is 2.20 bits per heavy atom. The van der Waals surface area contributed by atoms with Crippen molar-refractivity contribution in [1.82, 2.24) is 4.57 Å². The number of halogens is 4. The summed E-state index contributed by atoms with van der Waals surface area (Å²) in [7, 11) is -6.00. The molecule has 0 aliphatic heterocycles. The van der Waals surface area contributed by atoms with Crippen molar-refractivity contribution >= 4 is 13.2 Å². The zero-order valence-corrected chi connectivity index (χ0v) is 18.4. The van der Waals surface area contributed by atoms with E-state index in [1.807, 2.05) is 0 Å². The van der Waals surface area contributed by atoms with Crippen LogP contribution in [0.5, 0.6) is 0 Å². The Hall–Kier alpha value is -1.80. The first kappa shape index (κ1) is 28.2. The molecule has 174 valence electrons. The van der Waals surface area contributed by atoms with Crippen molar-refractivity contribution in [3.05, 3.63) is 30.9 Å². The van der Waals surface area contributed by atoms with Gasteiger partial charge in [-0.15, -0.1) is 0 Å². The highest BCUT2D eigenvalue weighted by atomic mass is 19.5. The van der Waals surface area contributed by atoms with Crippen LogP contribution in [-0.2, 0) is 22.6 Å². The topological polar surface area (TPSA) is 35.1 Å². The summed E-state index contributed by atoms with van der Waals surface area (Å²) in [5, 5.41) is 0. The van der Waals surface area contributed by atoms with Crippen molar-refractivity contribution < 1.29 is 31.4 Å². The van der Waals surface area contributed by atoms with E-state index in [1.54, 1.807) is 6.92 Å². The van der Waals surface area contributed by atoms with Crippen molar-refractivity contribution in [2.45, 2.75) is 91.1 Å². The molecule has 0 atom stereocenters. The molecule has 0 bridgehead atoms. The number of carbonyl (C=O) groups is 1. The number of rotatable bonds is 15. The van der Waals surface area contributed by atoms with Gasteiger partial charge in [0.15, 0.2) is 0 Å². The molecule has 0 fully saturated rings. The van der Waals surface area contributed by atoms with Crippen LogP contribution in [0.15, 0.2) is 30.9 Å². The molecule has 1 rings (SSSR count). The van der Waals surface area contributed by atoms with E-state index in [1.165, 1.54) is 51.4 Å². The number of aromatic nitrogens is 2. The maximum Gasteiger partial charge on any atom is 0.673 e. The highest BCUT2D eigenvalue weighted by molar-refractivity contribution is 6.50. The van der Waals surface area contributed by atoms with Gasteiger partial charge in [0.05, 0.1) is 19.7 Å².